The van der Waals surface area contributed by atoms with Crippen LogP contribution in [-0.4, -0.2) is 45.4 Å². The van der Waals surface area contributed by atoms with Crippen molar-refractivity contribution in [3.05, 3.63) is 24.3 Å². The van der Waals surface area contributed by atoms with Crippen molar-refractivity contribution in [3.8, 4) is 0 Å². The Labute approximate surface area is 144 Å². The van der Waals surface area contributed by atoms with Crippen LogP contribution in [0.15, 0.2) is 29.2 Å². The Morgan fingerprint density at radius 3 is 2.67 bits per heavy atom. The third-order valence-electron chi connectivity index (χ3n) is 4.15. The molecule has 0 radical (unpaired) electrons. The topological polar surface area (TPSA) is 75.7 Å². The summed E-state index contributed by atoms with van der Waals surface area (Å²) in [6, 6.07) is 6.38. The summed E-state index contributed by atoms with van der Waals surface area (Å²) in [6.45, 7) is 3.76. The highest BCUT2D eigenvalue weighted by atomic mass is 32.2. The molecule has 6 nitrogen and oxygen atoms in total. The summed E-state index contributed by atoms with van der Waals surface area (Å²) >= 11 is 0. The fourth-order valence-electron chi connectivity index (χ4n) is 2.82. The maximum Gasteiger partial charge on any atom is 0.243 e. The predicted molar refractivity (Wildman–Crippen MR) is 93.3 cm³/mol. The van der Waals surface area contributed by atoms with Gasteiger partial charge in [-0.2, -0.15) is 4.31 Å². The Morgan fingerprint density at radius 1 is 1.33 bits per heavy atom. The number of amides is 1. The average molecular weight is 354 g/mol. The molecule has 1 unspecified atom stereocenters. The Hall–Kier alpha value is -1.44. The monoisotopic (exact) mass is 354 g/mol. The van der Waals surface area contributed by atoms with Gasteiger partial charge in [0.05, 0.1) is 4.90 Å². The first-order valence-corrected chi connectivity index (χ1v) is 9.76. The third kappa shape index (κ3) is 5.03. The second-order valence-electron chi connectivity index (χ2n) is 6.28. The molecule has 0 bridgehead atoms. The number of nitrogens with one attached hydrogen (secondary N) is 1. The molecular formula is C17H26N2O4S. The van der Waals surface area contributed by atoms with Crippen molar-refractivity contribution < 1.29 is 17.9 Å². The summed E-state index contributed by atoms with van der Waals surface area (Å²) in [4.78, 5) is 12.0. The molecule has 1 aliphatic heterocycles. The molecule has 1 atom stereocenters. The van der Waals surface area contributed by atoms with E-state index in [1.54, 1.807) is 35.7 Å². The van der Waals surface area contributed by atoms with Crippen molar-refractivity contribution in [2.45, 2.75) is 37.5 Å². The molecule has 1 heterocycles. The number of carbonyl (C=O) groups excluding carboxylic acids is 1. The lowest BCUT2D eigenvalue weighted by atomic mass is 10.0. The summed E-state index contributed by atoms with van der Waals surface area (Å²) in [5, 5.41) is 2.76. The van der Waals surface area contributed by atoms with Gasteiger partial charge in [-0.05, 0) is 49.4 Å². The van der Waals surface area contributed by atoms with Crippen LogP contribution in [0.3, 0.4) is 0 Å². The van der Waals surface area contributed by atoms with Gasteiger partial charge in [-0.15, -0.1) is 0 Å². The van der Waals surface area contributed by atoms with E-state index in [0.29, 0.717) is 44.1 Å². The van der Waals surface area contributed by atoms with Gasteiger partial charge < -0.3 is 10.1 Å². The lowest BCUT2D eigenvalue weighted by molar-refractivity contribution is -0.116. The second kappa shape index (κ2) is 8.60. The number of hydrogen-bond acceptors (Lipinski definition) is 4. The highest BCUT2D eigenvalue weighted by Crippen LogP contribution is 2.24. The number of benzene rings is 1. The number of rotatable bonds is 7. The molecule has 2 rings (SSSR count). The SMILES string of the molecule is COCCCC(=O)Nc1ccc(S(=O)(=O)N2CCCC(C)C2)cc1. The third-order valence-corrected chi connectivity index (χ3v) is 6.03. The Bertz CT molecular complexity index is 643. The Balaban J connectivity index is 1.99. The molecule has 1 N–H and O–H groups in total. The Kier molecular flexibility index (Phi) is 6.77. The zero-order valence-electron chi connectivity index (χ0n) is 14.3. The first-order valence-electron chi connectivity index (χ1n) is 8.32. The molecule has 1 aromatic carbocycles. The van der Waals surface area contributed by atoms with Crippen LogP contribution in [0.5, 0.6) is 0 Å². The first kappa shape index (κ1) is 18.9. The molecule has 0 aliphatic carbocycles. The molecule has 1 aromatic rings. The van der Waals surface area contributed by atoms with Gasteiger partial charge in [-0.25, -0.2) is 8.42 Å². The van der Waals surface area contributed by atoms with Crippen molar-refractivity contribution in [2.24, 2.45) is 5.92 Å². The van der Waals surface area contributed by atoms with E-state index in [1.807, 2.05) is 0 Å². The van der Waals surface area contributed by atoms with Crippen molar-refractivity contribution in [1.82, 2.24) is 4.31 Å². The quantitative estimate of drug-likeness (QED) is 0.763. The largest absolute Gasteiger partial charge is 0.385 e. The van der Waals surface area contributed by atoms with Crippen molar-refractivity contribution in [3.63, 3.8) is 0 Å². The lowest BCUT2D eigenvalue weighted by Crippen LogP contribution is -2.39. The normalized spacial score (nSPS) is 19.2. The van der Waals surface area contributed by atoms with Gasteiger partial charge in [-0.1, -0.05) is 6.92 Å². The molecule has 7 heteroatoms. The zero-order chi connectivity index (χ0) is 17.6. The maximum atomic E-state index is 12.7. The fraction of sp³-hybridized carbons (Fsp3) is 0.588. The second-order valence-corrected chi connectivity index (χ2v) is 8.22. The molecule has 24 heavy (non-hydrogen) atoms. The van der Waals surface area contributed by atoms with Crippen LogP contribution < -0.4 is 5.32 Å². The predicted octanol–water partition coefficient (Wildman–Crippen LogP) is 2.47. The minimum absolute atomic E-state index is 0.104. The van der Waals surface area contributed by atoms with E-state index in [2.05, 4.69) is 12.2 Å². The maximum absolute atomic E-state index is 12.7. The van der Waals surface area contributed by atoms with Crippen LogP contribution in [0.4, 0.5) is 5.69 Å². The van der Waals surface area contributed by atoms with Gasteiger partial charge >= 0.3 is 0 Å². The number of sulfonamides is 1. The molecule has 1 amide bonds. The number of methoxy groups -OCH3 is 1. The first-order chi connectivity index (χ1) is 11.4. The van der Waals surface area contributed by atoms with Crippen LogP contribution in [-0.2, 0) is 19.6 Å². The number of anilines is 1. The number of hydrogen-bond donors (Lipinski definition) is 1. The molecule has 1 aliphatic rings. The molecule has 1 saturated heterocycles. The number of ether oxygens (including phenoxy) is 1. The molecule has 0 spiro atoms. The van der Waals surface area contributed by atoms with E-state index < -0.39 is 10.0 Å². The highest BCUT2D eigenvalue weighted by molar-refractivity contribution is 7.89. The van der Waals surface area contributed by atoms with E-state index in [9.17, 15) is 13.2 Å². The molecule has 1 fully saturated rings. The molecule has 134 valence electrons. The van der Waals surface area contributed by atoms with Crippen molar-refractivity contribution in [1.29, 1.82) is 0 Å². The number of nitrogens with zero attached hydrogens (tertiary/aromatic N) is 1. The standard InChI is InChI=1S/C17H26N2O4S/c1-14-5-3-11-19(13-14)24(21,22)16-9-7-15(8-10-16)18-17(20)6-4-12-23-2/h7-10,14H,3-6,11-13H2,1-2H3,(H,18,20). The minimum Gasteiger partial charge on any atom is -0.385 e. The summed E-state index contributed by atoms with van der Waals surface area (Å²) in [7, 11) is -1.86. The van der Waals surface area contributed by atoms with E-state index in [-0.39, 0.29) is 10.8 Å². The fourth-order valence-corrected chi connectivity index (χ4v) is 4.42. The van der Waals surface area contributed by atoms with Gasteiger partial charge in [0, 0.05) is 38.9 Å². The van der Waals surface area contributed by atoms with Gasteiger partial charge in [0.2, 0.25) is 15.9 Å². The number of carbonyl (C=O) groups is 1. The van der Waals surface area contributed by atoms with Crippen LogP contribution in [0.1, 0.15) is 32.6 Å². The van der Waals surface area contributed by atoms with E-state index in [1.165, 1.54) is 0 Å². The average Bonchev–Trinajstić information content (AvgIpc) is 2.55. The van der Waals surface area contributed by atoms with E-state index >= 15 is 0 Å². The molecule has 0 aromatic heterocycles. The smallest absolute Gasteiger partial charge is 0.243 e. The summed E-state index contributed by atoms with van der Waals surface area (Å²) in [5.41, 5.74) is 0.600. The van der Waals surface area contributed by atoms with Gasteiger partial charge in [0.1, 0.15) is 0 Å². The van der Waals surface area contributed by atoms with Crippen LogP contribution >= 0.6 is 0 Å². The zero-order valence-corrected chi connectivity index (χ0v) is 15.1. The highest BCUT2D eigenvalue weighted by Gasteiger charge is 2.28. The van der Waals surface area contributed by atoms with Gasteiger partial charge in [0.25, 0.3) is 0 Å². The molecule has 0 saturated carbocycles. The van der Waals surface area contributed by atoms with Gasteiger partial charge in [0.15, 0.2) is 0 Å². The van der Waals surface area contributed by atoms with Crippen molar-refractivity contribution in [2.75, 3.05) is 32.1 Å². The van der Waals surface area contributed by atoms with E-state index in [0.717, 1.165) is 12.8 Å². The van der Waals surface area contributed by atoms with Gasteiger partial charge in [-0.3, -0.25) is 4.79 Å². The van der Waals surface area contributed by atoms with Crippen LogP contribution in [0, 0.1) is 5.92 Å². The minimum atomic E-state index is -3.45. The Morgan fingerprint density at radius 2 is 2.04 bits per heavy atom. The summed E-state index contributed by atoms with van der Waals surface area (Å²) < 4.78 is 31.8. The van der Waals surface area contributed by atoms with Crippen molar-refractivity contribution >= 4 is 21.6 Å². The number of piperidine rings is 1. The van der Waals surface area contributed by atoms with E-state index in [4.69, 9.17) is 4.74 Å². The van der Waals surface area contributed by atoms with Crippen LogP contribution in [0.2, 0.25) is 0 Å². The summed E-state index contributed by atoms with van der Waals surface area (Å²) in [6.07, 6.45) is 3.00. The molecular weight excluding hydrogens is 328 g/mol. The summed E-state index contributed by atoms with van der Waals surface area (Å²) in [5.74, 6) is 0.284. The lowest BCUT2D eigenvalue weighted by Gasteiger charge is -2.30. The van der Waals surface area contributed by atoms with Crippen LogP contribution in [0.25, 0.3) is 0 Å².